The first-order valence-corrected chi connectivity index (χ1v) is 2.96. The molecule has 4 nitrogen and oxygen atoms in total. The van der Waals surface area contributed by atoms with Crippen LogP contribution in [-0.4, -0.2) is 4.92 Å². The first-order valence-electron chi connectivity index (χ1n) is 2.96. The topological polar surface area (TPSA) is 69.2 Å². The minimum Gasteiger partial charge on any atom is -0.399 e. The summed E-state index contributed by atoms with van der Waals surface area (Å²) in [7, 11) is 0. The lowest BCUT2D eigenvalue weighted by atomic mass is 10.2. The van der Waals surface area contributed by atoms with E-state index in [-0.39, 0.29) is 5.69 Å². The van der Waals surface area contributed by atoms with E-state index in [4.69, 9.17) is 5.73 Å². The van der Waals surface area contributed by atoms with Crippen LogP contribution in [0.3, 0.4) is 0 Å². The van der Waals surface area contributed by atoms with Crippen LogP contribution in [0.15, 0.2) is 18.2 Å². The number of non-ortho nitro benzene ring substituents is 1. The van der Waals surface area contributed by atoms with Crippen molar-refractivity contribution in [3.63, 3.8) is 0 Å². The highest BCUT2D eigenvalue weighted by Gasteiger charge is 2.05. The zero-order chi connectivity index (χ0) is 8.43. The molecule has 0 atom stereocenters. The van der Waals surface area contributed by atoms with Crippen molar-refractivity contribution in [3.8, 4) is 0 Å². The zero-order valence-corrected chi connectivity index (χ0v) is 5.78. The largest absolute Gasteiger partial charge is 0.399 e. The normalized spacial score (nSPS) is 9.55. The van der Waals surface area contributed by atoms with Crippen molar-refractivity contribution in [1.29, 1.82) is 0 Å². The number of nitrogens with zero attached hydrogens (tertiary/aromatic N) is 1. The minimum absolute atomic E-state index is 0.0185. The Hall–Kier alpha value is -1.58. The zero-order valence-electron chi connectivity index (χ0n) is 5.78. The van der Waals surface area contributed by atoms with E-state index in [0.29, 0.717) is 11.3 Å². The third kappa shape index (κ3) is 1.67. The van der Waals surface area contributed by atoms with Crippen LogP contribution < -0.4 is 5.73 Å². The van der Waals surface area contributed by atoms with E-state index in [9.17, 15) is 10.1 Å². The van der Waals surface area contributed by atoms with Gasteiger partial charge in [0.05, 0.1) is 4.92 Å². The Morgan fingerprint density at radius 1 is 1.45 bits per heavy atom. The highest BCUT2D eigenvalue weighted by Crippen LogP contribution is 2.17. The Kier molecular flexibility index (Phi) is 1.76. The van der Waals surface area contributed by atoms with Crippen molar-refractivity contribution in [2.24, 2.45) is 0 Å². The molecule has 0 amide bonds. The summed E-state index contributed by atoms with van der Waals surface area (Å²) in [6, 6.07) is 4.25. The number of nitro groups is 1. The van der Waals surface area contributed by atoms with Gasteiger partial charge in [-0.2, -0.15) is 0 Å². The Labute approximate surface area is 63.8 Å². The average Bonchev–Trinajstić information content (AvgIpc) is 1.85. The van der Waals surface area contributed by atoms with Gasteiger partial charge in [0.25, 0.3) is 5.69 Å². The SMILES string of the molecule is [CH2]c1cc(N)cc([N+](=O)[O-])c1. The standard InChI is InChI=1S/C7H7N2O2/c1-5-2-6(8)4-7(3-5)9(10)11/h2-4H,1,8H2. The quantitative estimate of drug-likeness (QED) is 0.374. The number of anilines is 1. The van der Waals surface area contributed by atoms with Crippen LogP contribution in [0.2, 0.25) is 0 Å². The second-order valence-corrected chi connectivity index (χ2v) is 2.19. The fourth-order valence-corrected chi connectivity index (χ4v) is 0.805. The summed E-state index contributed by atoms with van der Waals surface area (Å²) in [5.74, 6) is 0. The molecule has 0 saturated heterocycles. The first kappa shape index (κ1) is 7.53. The maximum absolute atomic E-state index is 10.2. The Balaban J connectivity index is 3.19. The highest BCUT2D eigenvalue weighted by atomic mass is 16.6. The summed E-state index contributed by atoms with van der Waals surface area (Å²) < 4.78 is 0. The van der Waals surface area contributed by atoms with E-state index in [1.54, 1.807) is 6.07 Å². The highest BCUT2D eigenvalue weighted by molar-refractivity contribution is 5.51. The van der Waals surface area contributed by atoms with E-state index >= 15 is 0 Å². The monoisotopic (exact) mass is 151 g/mol. The lowest BCUT2D eigenvalue weighted by Gasteiger charge is -1.95. The molecule has 0 spiro atoms. The maximum Gasteiger partial charge on any atom is 0.271 e. The molecule has 2 N–H and O–H groups in total. The predicted molar refractivity (Wildman–Crippen MR) is 42.0 cm³/mol. The van der Waals surface area contributed by atoms with Crippen LogP contribution in [0.5, 0.6) is 0 Å². The Morgan fingerprint density at radius 3 is 2.55 bits per heavy atom. The van der Waals surface area contributed by atoms with Gasteiger partial charge in [0, 0.05) is 17.8 Å². The van der Waals surface area contributed by atoms with Crippen molar-refractivity contribution < 1.29 is 4.92 Å². The number of benzene rings is 1. The van der Waals surface area contributed by atoms with Gasteiger partial charge in [-0.25, -0.2) is 0 Å². The summed E-state index contributed by atoms with van der Waals surface area (Å²) >= 11 is 0. The van der Waals surface area contributed by atoms with Crippen LogP contribution in [0.1, 0.15) is 5.56 Å². The van der Waals surface area contributed by atoms with E-state index in [1.807, 2.05) is 0 Å². The first-order chi connectivity index (χ1) is 5.09. The third-order valence-corrected chi connectivity index (χ3v) is 1.21. The molecular weight excluding hydrogens is 144 g/mol. The summed E-state index contributed by atoms with van der Waals surface area (Å²) in [6.07, 6.45) is 0. The molecule has 4 heteroatoms. The smallest absolute Gasteiger partial charge is 0.271 e. The summed E-state index contributed by atoms with van der Waals surface area (Å²) in [6.45, 7) is 3.54. The van der Waals surface area contributed by atoms with Gasteiger partial charge in [0.15, 0.2) is 0 Å². The number of nitrogens with two attached hydrogens (primary N) is 1. The molecule has 0 saturated carbocycles. The molecule has 1 rings (SSSR count). The molecule has 0 aliphatic heterocycles. The Bertz CT molecular complexity index is 276. The van der Waals surface area contributed by atoms with Gasteiger partial charge in [0.1, 0.15) is 0 Å². The van der Waals surface area contributed by atoms with E-state index < -0.39 is 4.92 Å². The van der Waals surface area contributed by atoms with Gasteiger partial charge in [-0.15, -0.1) is 0 Å². The number of nitrogen functional groups attached to an aromatic ring is 1. The molecule has 0 bridgehead atoms. The van der Waals surface area contributed by atoms with Crippen molar-refractivity contribution in [2.75, 3.05) is 5.73 Å². The number of hydrogen-bond acceptors (Lipinski definition) is 3. The second-order valence-electron chi connectivity index (χ2n) is 2.19. The lowest BCUT2D eigenvalue weighted by molar-refractivity contribution is -0.384. The molecule has 57 valence electrons. The van der Waals surface area contributed by atoms with Gasteiger partial charge in [0.2, 0.25) is 0 Å². The van der Waals surface area contributed by atoms with Crippen LogP contribution in [0, 0.1) is 17.0 Å². The molecule has 0 aliphatic carbocycles. The molecule has 0 heterocycles. The van der Waals surface area contributed by atoms with Crippen molar-refractivity contribution >= 4 is 11.4 Å². The molecule has 1 aromatic rings. The van der Waals surface area contributed by atoms with E-state index in [2.05, 4.69) is 6.92 Å². The predicted octanol–water partition coefficient (Wildman–Crippen LogP) is 1.36. The molecule has 1 radical (unpaired) electrons. The Morgan fingerprint density at radius 2 is 2.09 bits per heavy atom. The molecule has 0 unspecified atom stereocenters. The summed E-state index contributed by atoms with van der Waals surface area (Å²) in [5, 5.41) is 10.2. The molecule has 0 aliphatic rings. The molecule has 1 aromatic carbocycles. The fraction of sp³-hybridized carbons (Fsp3) is 0. The summed E-state index contributed by atoms with van der Waals surface area (Å²) in [4.78, 5) is 9.73. The lowest BCUT2D eigenvalue weighted by Crippen LogP contribution is -1.91. The number of nitro benzene ring substituents is 1. The van der Waals surface area contributed by atoms with Crippen molar-refractivity contribution in [1.82, 2.24) is 0 Å². The van der Waals surface area contributed by atoms with Crippen LogP contribution in [0.4, 0.5) is 11.4 Å². The average molecular weight is 151 g/mol. The van der Waals surface area contributed by atoms with Crippen LogP contribution in [-0.2, 0) is 0 Å². The second kappa shape index (κ2) is 2.57. The minimum atomic E-state index is -0.495. The number of rotatable bonds is 1. The third-order valence-electron chi connectivity index (χ3n) is 1.21. The molecule has 0 fully saturated rings. The van der Waals surface area contributed by atoms with Gasteiger partial charge >= 0.3 is 0 Å². The van der Waals surface area contributed by atoms with E-state index in [1.165, 1.54) is 12.1 Å². The van der Waals surface area contributed by atoms with Crippen molar-refractivity contribution in [2.45, 2.75) is 0 Å². The molecule has 11 heavy (non-hydrogen) atoms. The van der Waals surface area contributed by atoms with Crippen LogP contribution in [0.25, 0.3) is 0 Å². The van der Waals surface area contributed by atoms with Gasteiger partial charge in [-0.05, 0) is 18.6 Å². The maximum atomic E-state index is 10.2. The van der Waals surface area contributed by atoms with Crippen LogP contribution >= 0.6 is 0 Å². The van der Waals surface area contributed by atoms with E-state index in [0.717, 1.165) is 0 Å². The fourth-order valence-electron chi connectivity index (χ4n) is 0.805. The number of hydrogen-bond donors (Lipinski definition) is 1. The van der Waals surface area contributed by atoms with Gasteiger partial charge in [-0.1, -0.05) is 0 Å². The summed E-state index contributed by atoms with van der Waals surface area (Å²) in [5.41, 5.74) is 6.25. The molecule has 0 aromatic heterocycles. The van der Waals surface area contributed by atoms with Crippen molar-refractivity contribution in [3.05, 3.63) is 40.8 Å². The van der Waals surface area contributed by atoms with Gasteiger partial charge < -0.3 is 5.73 Å². The van der Waals surface area contributed by atoms with Gasteiger partial charge in [-0.3, -0.25) is 10.1 Å². The molecular formula is C7H7N2O2.